The number of ketones is 1. The summed E-state index contributed by atoms with van der Waals surface area (Å²) in [5.41, 5.74) is 0.291. The van der Waals surface area contributed by atoms with Crippen molar-refractivity contribution in [3.05, 3.63) is 59.6 Å². The lowest BCUT2D eigenvalue weighted by Gasteiger charge is -1.99. The number of furan rings is 1. The van der Waals surface area contributed by atoms with Crippen LogP contribution >= 0.6 is 0 Å². The van der Waals surface area contributed by atoms with E-state index in [1.807, 2.05) is 0 Å². The molecule has 1 heterocycles. The molecule has 16 heavy (non-hydrogen) atoms. The molecule has 0 radical (unpaired) electrons. The molecule has 0 aliphatic rings. The van der Waals surface area contributed by atoms with E-state index >= 15 is 0 Å². The highest BCUT2D eigenvalue weighted by atomic mass is 19.1. The maximum Gasteiger partial charge on any atom is 0.202 e. The van der Waals surface area contributed by atoms with Gasteiger partial charge in [0.25, 0.3) is 0 Å². The largest absolute Gasteiger partial charge is 0.461 e. The number of halogens is 2. The Hall–Kier alpha value is -1.97. The molecule has 0 aliphatic carbocycles. The number of hydrogen-bond donors (Lipinski definition) is 0. The van der Waals surface area contributed by atoms with Gasteiger partial charge in [-0.15, -0.1) is 0 Å². The van der Waals surface area contributed by atoms with Gasteiger partial charge in [-0.3, -0.25) is 4.79 Å². The Labute approximate surface area is 90.5 Å². The smallest absolute Gasteiger partial charge is 0.202 e. The molecule has 0 aliphatic heterocycles. The summed E-state index contributed by atoms with van der Waals surface area (Å²) in [6.45, 7) is 0. The van der Waals surface area contributed by atoms with Crippen molar-refractivity contribution < 1.29 is 18.0 Å². The van der Waals surface area contributed by atoms with E-state index in [4.69, 9.17) is 4.42 Å². The van der Waals surface area contributed by atoms with Crippen molar-refractivity contribution >= 4 is 5.78 Å². The standard InChI is InChI=1S/C12H8F2O2/c13-9-4-8(5-10(14)7-9)6-11(15)12-2-1-3-16-12/h1-5,7H,6H2. The highest BCUT2D eigenvalue weighted by Gasteiger charge is 2.11. The topological polar surface area (TPSA) is 30.2 Å². The van der Waals surface area contributed by atoms with Crippen molar-refractivity contribution in [2.45, 2.75) is 6.42 Å². The number of carbonyl (C=O) groups excluding carboxylic acids is 1. The van der Waals surface area contributed by atoms with Crippen LogP contribution in [0.4, 0.5) is 8.78 Å². The van der Waals surface area contributed by atoms with E-state index in [-0.39, 0.29) is 18.0 Å². The molecule has 0 saturated carbocycles. The Balaban J connectivity index is 2.18. The Morgan fingerprint density at radius 1 is 1.19 bits per heavy atom. The van der Waals surface area contributed by atoms with Crippen LogP contribution in [0.25, 0.3) is 0 Å². The van der Waals surface area contributed by atoms with Crippen molar-refractivity contribution in [3.63, 3.8) is 0 Å². The molecule has 1 aromatic carbocycles. The molecule has 0 saturated heterocycles. The molecule has 2 nitrogen and oxygen atoms in total. The maximum atomic E-state index is 12.8. The minimum absolute atomic E-state index is 0.0812. The quantitative estimate of drug-likeness (QED) is 0.747. The number of hydrogen-bond acceptors (Lipinski definition) is 2. The van der Waals surface area contributed by atoms with Crippen LogP contribution in [0.3, 0.4) is 0 Å². The molecule has 0 N–H and O–H groups in total. The molecule has 0 amide bonds. The number of carbonyl (C=O) groups is 1. The Morgan fingerprint density at radius 2 is 1.88 bits per heavy atom. The van der Waals surface area contributed by atoms with E-state index in [1.54, 1.807) is 6.07 Å². The molecular weight excluding hydrogens is 214 g/mol. The average Bonchev–Trinajstić information content (AvgIpc) is 2.68. The first-order valence-corrected chi connectivity index (χ1v) is 4.67. The normalized spacial score (nSPS) is 10.4. The second-order valence-corrected chi connectivity index (χ2v) is 3.35. The second kappa shape index (κ2) is 4.26. The van der Waals surface area contributed by atoms with Gasteiger partial charge >= 0.3 is 0 Å². The van der Waals surface area contributed by atoms with Gasteiger partial charge in [0.05, 0.1) is 6.26 Å². The average molecular weight is 222 g/mol. The van der Waals surface area contributed by atoms with E-state index in [1.165, 1.54) is 12.3 Å². The van der Waals surface area contributed by atoms with Gasteiger partial charge in [0.1, 0.15) is 11.6 Å². The van der Waals surface area contributed by atoms with E-state index < -0.39 is 11.6 Å². The summed E-state index contributed by atoms with van der Waals surface area (Å²) < 4.78 is 30.6. The van der Waals surface area contributed by atoms with E-state index in [0.717, 1.165) is 18.2 Å². The monoisotopic (exact) mass is 222 g/mol. The zero-order valence-corrected chi connectivity index (χ0v) is 8.24. The summed E-state index contributed by atoms with van der Waals surface area (Å²) in [6, 6.07) is 6.12. The van der Waals surface area contributed by atoms with Gasteiger partial charge in [-0.2, -0.15) is 0 Å². The molecule has 0 unspecified atom stereocenters. The molecule has 0 atom stereocenters. The van der Waals surface area contributed by atoms with Gasteiger partial charge in [-0.05, 0) is 29.8 Å². The second-order valence-electron chi connectivity index (χ2n) is 3.35. The van der Waals surface area contributed by atoms with Gasteiger partial charge in [0, 0.05) is 12.5 Å². The van der Waals surface area contributed by atoms with Crippen molar-refractivity contribution in [1.82, 2.24) is 0 Å². The lowest BCUT2D eigenvalue weighted by atomic mass is 10.1. The van der Waals surface area contributed by atoms with Crippen LogP contribution < -0.4 is 0 Å². The lowest BCUT2D eigenvalue weighted by Crippen LogP contribution is -2.02. The van der Waals surface area contributed by atoms with Crippen LogP contribution in [0.1, 0.15) is 16.1 Å². The summed E-state index contributed by atoms with van der Waals surface area (Å²) in [5, 5.41) is 0. The molecular formula is C12H8F2O2. The predicted molar refractivity (Wildman–Crippen MR) is 53.1 cm³/mol. The van der Waals surface area contributed by atoms with Crippen LogP contribution in [0.15, 0.2) is 41.0 Å². The summed E-state index contributed by atoms with van der Waals surface area (Å²) in [6.07, 6.45) is 1.29. The summed E-state index contributed by atoms with van der Waals surface area (Å²) in [4.78, 5) is 11.6. The van der Waals surface area contributed by atoms with Crippen molar-refractivity contribution in [1.29, 1.82) is 0 Å². The third-order valence-corrected chi connectivity index (χ3v) is 2.08. The van der Waals surface area contributed by atoms with Crippen LogP contribution in [0.5, 0.6) is 0 Å². The molecule has 2 aromatic rings. The van der Waals surface area contributed by atoms with Crippen molar-refractivity contribution in [2.24, 2.45) is 0 Å². The first-order chi connectivity index (χ1) is 7.65. The Bertz CT molecular complexity index is 483. The summed E-state index contributed by atoms with van der Waals surface area (Å²) in [7, 11) is 0. The molecule has 2 rings (SSSR count). The third kappa shape index (κ3) is 2.34. The molecule has 0 fully saturated rings. The maximum absolute atomic E-state index is 12.8. The van der Waals surface area contributed by atoms with Crippen molar-refractivity contribution in [3.8, 4) is 0 Å². The van der Waals surface area contributed by atoms with Crippen molar-refractivity contribution in [2.75, 3.05) is 0 Å². The highest BCUT2D eigenvalue weighted by molar-refractivity contribution is 5.94. The molecule has 82 valence electrons. The Kier molecular flexibility index (Phi) is 2.81. The zero-order chi connectivity index (χ0) is 11.5. The molecule has 0 spiro atoms. The fourth-order valence-electron chi connectivity index (χ4n) is 1.42. The minimum Gasteiger partial charge on any atom is -0.461 e. The Morgan fingerprint density at radius 3 is 2.44 bits per heavy atom. The number of benzene rings is 1. The summed E-state index contributed by atoms with van der Waals surface area (Å²) in [5.74, 6) is -1.51. The van der Waals surface area contributed by atoms with Gasteiger partial charge in [0.2, 0.25) is 5.78 Å². The molecule has 4 heteroatoms. The zero-order valence-electron chi connectivity index (χ0n) is 8.24. The number of rotatable bonds is 3. The predicted octanol–water partition coefficient (Wildman–Crippen LogP) is 2.98. The number of Topliss-reactive ketones (excluding diaryl/α,β-unsaturated/α-hetero) is 1. The van der Waals surface area contributed by atoms with Crippen LogP contribution in [0.2, 0.25) is 0 Å². The van der Waals surface area contributed by atoms with Crippen LogP contribution in [-0.4, -0.2) is 5.78 Å². The molecule has 1 aromatic heterocycles. The van der Waals surface area contributed by atoms with Gasteiger partial charge < -0.3 is 4.42 Å². The molecule has 0 bridgehead atoms. The summed E-state index contributed by atoms with van der Waals surface area (Å²) >= 11 is 0. The third-order valence-electron chi connectivity index (χ3n) is 2.08. The van der Waals surface area contributed by atoms with Gasteiger partial charge in [-0.1, -0.05) is 0 Å². The van der Waals surface area contributed by atoms with E-state index in [9.17, 15) is 13.6 Å². The SMILES string of the molecule is O=C(Cc1cc(F)cc(F)c1)c1ccco1. The fraction of sp³-hybridized carbons (Fsp3) is 0.0833. The fourth-order valence-corrected chi connectivity index (χ4v) is 1.42. The highest BCUT2D eigenvalue weighted by Crippen LogP contribution is 2.11. The van der Waals surface area contributed by atoms with E-state index in [0.29, 0.717) is 5.56 Å². The minimum atomic E-state index is -0.692. The van der Waals surface area contributed by atoms with Crippen LogP contribution in [-0.2, 0) is 6.42 Å². The first kappa shape index (κ1) is 10.5. The van der Waals surface area contributed by atoms with Gasteiger partial charge in [0.15, 0.2) is 5.76 Å². The van der Waals surface area contributed by atoms with Crippen LogP contribution in [0, 0.1) is 11.6 Å². The van der Waals surface area contributed by atoms with E-state index in [2.05, 4.69) is 0 Å². The van der Waals surface area contributed by atoms with Gasteiger partial charge in [-0.25, -0.2) is 8.78 Å². The first-order valence-electron chi connectivity index (χ1n) is 4.67. The lowest BCUT2D eigenvalue weighted by molar-refractivity contribution is 0.0966.